The quantitative estimate of drug-likeness (QED) is 0.803. The highest BCUT2D eigenvalue weighted by Crippen LogP contribution is 2.30. The van der Waals surface area contributed by atoms with E-state index in [1.807, 2.05) is 0 Å². The molecule has 1 N–H and O–H groups in total. The van der Waals surface area contributed by atoms with Crippen molar-refractivity contribution in [2.75, 3.05) is 33.2 Å². The van der Waals surface area contributed by atoms with E-state index in [-0.39, 0.29) is 0 Å². The molecule has 0 radical (unpaired) electrons. The van der Waals surface area contributed by atoms with E-state index in [9.17, 15) is 0 Å². The second-order valence-corrected chi connectivity index (χ2v) is 5.42. The number of nitrogens with one attached hydrogen (secondary N) is 1. The van der Waals surface area contributed by atoms with E-state index >= 15 is 0 Å². The minimum absolute atomic E-state index is 0.654. The van der Waals surface area contributed by atoms with Gasteiger partial charge in [0.2, 0.25) is 0 Å². The zero-order valence-electron chi connectivity index (χ0n) is 10.7. The van der Waals surface area contributed by atoms with E-state index in [4.69, 9.17) is 4.42 Å². The smallest absolute Gasteiger partial charge is 0.108 e. The molecule has 0 amide bonds. The van der Waals surface area contributed by atoms with Crippen LogP contribution >= 0.6 is 0 Å². The van der Waals surface area contributed by atoms with E-state index in [1.165, 1.54) is 29.9 Å². The summed E-state index contributed by atoms with van der Waals surface area (Å²) in [5.74, 6) is 3.16. The summed E-state index contributed by atoms with van der Waals surface area (Å²) in [5.41, 5.74) is 1.46. The van der Waals surface area contributed by atoms with Crippen molar-refractivity contribution in [1.82, 2.24) is 10.2 Å². The van der Waals surface area contributed by atoms with Gasteiger partial charge >= 0.3 is 0 Å². The Kier molecular flexibility index (Phi) is 3.21. The minimum Gasteiger partial charge on any atom is -0.465 e. The molecule has 0 saturated carbocycles. The molecular weight excluding hydrogens is 212 g/mol. The van der Waals surface area contributed by atoms with Crippen LogP contribution in [0.3, 0.4) is 0 Å². The molecule has 1 saturated heterocycles. The lowest BCUT2D eigenvalue weighted by molar-refractivity contribution is 0.333. The van der Waals surface area contributed by atoms with E-state index in [0.29, 0.717) is 5.92 Å². The third-order valence-corrected chi connectivity index (χ3v) is 4.14. The van der Waals surface area contributed by atoms with E-state index in [2.05, 4.69) is 23.3 Å². The summed E-state index contributed by atoms with van der Waals surface area (Å²) in [6.07, 6.45) is 4.69. The van der Waals surface area contributed by atoms with Crippen molar-refractivity contribution in [1.29, 1.82) is 0 Å². The van der Waals surface area contributed by atoms with Crippen LogP contribution in [0.5, 0.6) is 0 Å². The van der Waals surface area contributed by atoms with Gasteiger partial charge in [-0.25, -0.2) is 0 Å². The summed E-state index contributed by atoms with van der Waals surface area (Å²) in [6.45, 7) is 4.57. The van der Waals surface area contributed by atoms with Crippen molar-refractivity contribution in [2.24, 2.45) is 0 Å². The lowest BCUT2D eigenvalue weighted by Crippen LogP contribution is -2.26. The van der Waals surface area contributed by atoms with Gasteiger partial charge in [-0.15, -0.1) is 0 Å². The molecule has 1 aromatic rings. The molecule has 3 heterocycles. The van der Waals surface area contributed by atoms with Gasteiger partial charge in [0.1, 0.15) is 11.5 Å². The van der Waals surface area contributed by atoms with Crippen LogP contribution in [0, 0.1) is 0 Å². The van der Waals surface area contributed by atoms with E-state index < -0.39 is 0 Å². The molecular formula is C14H22N2O. The average molecular weight is 234 g/mol. The molecule has 94 valence electrons. The number of likely N-dealkylation sites (N-methyl/N-ethyl adjacent to an activating group) is 1. The average Bonchev–Trinajstić information content (AvgIpc) is 2.71. The molecule has 2 aliphatic rings. The maximum Gasteiger partial charge on any atom is 0.108 e. The molecule has 1 aromatic heterocycles. The Hall–Kier alpha value is -0.800. The number of furan rings is 1. The van der Waals surface area contributed by atoms with E-state index in [0.717, 1.165) is 39.0 Å². The molecule has 3 nitrogen and oxygen atoms in total. The predicted octanol–water partition coefficient (Wildman–Crippen LogP) is 1.78. The van der Waals surface area contributed by atoms with Crippen LogP contribution in [0.25, 0.3) is 0 Å². The molecule has 2 aliphatic heterocycles. The summed E-state index contributed by atoms with van der Waals surface area (Å²) < 4.78 is 6.12. The Morgan fingerprint density at radius 2 is 2.00 bits per heavy atom. The first-order valence-electron chi connectivity index (χ1n) is 6.83. The van der Waals surface area contributed by atoms with Gasteiger partial charge in [-0.1, -0.05) is 0 Å². The van der Waals surface area contributed by atoms with Crippen molar-refractivity contribution < 1.29 is 4.42 Å². The maximum atomic E-state index is 6.12. The minimum atomic E-state index is 0.654. The van der Waals surface area contributed by atoms with Crippen LogP contribution in [0.15, 0.2) is 10.5 Å². The van der Waals surface area contributed by atoms with Crippen LogP contribution in [0.4, 0.5) is 0 Å². The Balaban J connectivity index is 1.77. The fraction of sp³-hybridized carbons (Fsp3) is 0.714. The number of hydrogen-bond donors (Lipinski definition) is 1. The van der Waals surface area contributed by atoms with Crippen molar-refractivity contribution >= 4 is 0 Å². The topological polar surface area (TPSA) is 28.4 Å². The Morgan fingerprint density at radius 1 is 1.24 bits per heavy atom. The summed E-state index contributed by atoms with van der Waals surface area (Å²) in [4.78, 5) is 2.39. The van der Waals surface area contributed by atoms with E-state index in [1.54, 1.807) is 0 Å². The third-order valence-electron chi connectivity index (χ3n) is 4.14. The molecule has 0 aliphatic carbocycles. The fourth-order valence-corrected chi connectivity index (χ4v) is 2.94. The molecule has 17 heavy (non-hydrogen) atoms. The Bertz CT molecular complexity index is 354. The second kappa shape index (κ2) is 4.83. The van der Waals surface area contributed by atoms with Gasteiger partial charge in [-0.3, -0.25) is 0 Å². The van der Waals surface area contributed by atoms with Crippen molar-refractivity contribution in [3.05, 3.63) is 23.2 Å². The van der Waals surface area contributed by atoms with Gasteiger partial charge in [-0.05, 0) is 51.0 Å². The molecule has 0 atom stereocenters. The van der Waals surface area contributed by atoms with Gasteiger partial charge in [0.05, 0.1) is 0 Å². The van der Waals surface area contributed by atoms with Crippen molar-refractivity contribution in [3.63, 3.8) is 0 Å². The zero-order chi connectivity index (χ0) is 11.7. The molecule has 3 heteroatoms. The standard InChI is InChI=1S/C14H22N2O/c1-16-8-4-12-10-14(17-13(12)5-9-16)11-2-6-15-7-3-11/h10-11,15H,2-9H2,1H3. The van der Waals surface area contributed by atoms with Crippen LogP contribution in [-0.2, 0) is 12.8 Å². The SMILES string of the molecule is CN1CCc2cc(C3CCNCC3)oc2CC1. The number of nitrogens with zero attached hydrogens (tertiary/aromatic N) is 1. The number of rotatable bonds is 1. The van der Waals surface area contributed by atoms with Crippen molar-refractivity contribution in [2.45, 2.75) is 31.6 Å². The first-order chi connectivity index (χ1) is 8.33. The molecule has 3 rings (SSSR count). The first-order valence-corrected chi connectivity index (χ1v) is 6.83. The number of fused-ring (bicyclic) bond motifs is 1. The summed E-state index contributed by atoms with van der Waals surface area (Å²) in [6, 6.07) is 2.34. The molecule has 1 fully saturated rings. The third kappa shape index (κ3) is 2.40. The molecule has 0 bridgehead atoms. The highest BCUT2D eigenvalue weighted by atomic mass is 16.3. The lowest BCUT2D eigenvalue weighted by atomic mass is 9.95. The Morgan fingerprint density at radius 3 is 2.82 bits per heavy atom. The summed E-state index contributed by atoms with van der Waals surface area (Å²) in [5, 5.41) is 3.41. The zero-order valence-corrected chi connectivity index (χ0v) is 10.7. The highest BCUT2D eigenvalue weighted by Gasteiger charge is 2.22. The van der Waals surface area contributed by atoms with Gasteiger partial charge in [-0.2, -0.15) is 0 Å². The largest absolute Gasteiger partial charge is 0.465 e. The number of hydrogen-bond acceptors (Lipinski definition) is 3. The highest BCUT2D eigenvalue weighted by molar-refractivity contribution is 5.25. The summed E-state index contributed by atoms with van der Waals surface area (Å²) >= 11 is 0. The fourth-order valence-electron chi connectivity index (χ4n) is 2.94. The van der Waals surface area contributed by atoms with Crippen LogP contribution in [-0.4, -0.2) is 38.1 Å². The van der Waals surface area contributed by atoms with Gasteiger partial charge < -0.3 is 14.6 Å². The molecule has 0 aromatic carbocycles. The first kappa shape index (κ1) is 11.3. The van der Waals surface area contributed by atoms with Gasteiger partial charge in [0, 0.05) is 25.4 Å². The molecule has 0 spiro atoms. The van der Waals surface area contributed by atoms with Crippen LogP contribution < -0.4 is 5.32 Å². The van der Waals surface area contributed by atoms with Crippen molar-refractivity contribution in [3.8, 4) is 0 Å². The van der Waals surface area contributed by atoms with Crippen LogP contribution in [0.2, 0.25) is 0 Å². The predicted molar refractivity (Wildman–Crippen MR) is 68.5 cm³/mol. The van der Waals surface area contributed by atoms with Gasteiger partial charge in [0.25, 0.3) is 0 Å². The van der Waals surface area contributed by atoms with Crippen LogP contribution in [0.1, 0.15) is 35.8 Å². The lowest BCUT2D eigenvalue weighted by Gasteiger charge is -2.20. The summed E-state index contributed by atoms with van der Waals surface area (Å²) in [7, 11) is 2.19. The Labute approximate surface area is 103 Å². The maximum absolute atomic E-state index is 6.12. The van der Waals surface area contributed by atoms with Gasteiger partial charge in [0.15, 0.2) is 0 Å². The second-order valence-electron chi connectivity index (χ2n) is 5.42. The number of piperidine rings is 1. The monoisotopic (exact) mass is 234 g/mol. The normalized spacial score (nSPS) is 23.4. The molecule has 0 unspecified atom stereocenters.